The van der Waals surface area contributed by atoms with Crippen molar-refractivity contribution in [2.75, 3.05) is 13.1 Å². The predicted molar refractivity (Wildman–Crippen MR) is 71.5 cm³/mol. The molecular weight excluding hydrogens is 256 g/mol. The minimum absolute atomic E-state index is 0.0508. The lowest BCUT2D eigenvalue weighted by molar-refractivity contribution is -0.126. The van der Waals surface area contributed by atoms with E-state index in [2.05, 4.69) is 10.6 Å². The van der Waals surface area contributed by atoms with Crippen LogP contribution in [0.3, 0.4) is 0 Å². The second-order valence-corrected chi connectivity index (χ2v) is 6.14. The van der Waals surface area contributed by atoms with Gasteiger partial charge in [-0.25, -0.2) is 0 Å². The van der Waals surface area contributed by atoms with Crippen LogP contribution in [0, 0.1) is 5.92 Å². The van der Waals surface area contributed by atoms with Gasteiger partial charge < -0.3 is 10.6 Å². The molecule has 17 heavy (non-hydrogen) atoms. The number of hydrogen-bond donors (Lipinski definition) is 2. The molecule has 0 bridgehead atoms. The van der Waals surface area contributed by atoms with E-state index in [0.29, 0.717) is 0 Å². The van der Waals surface area contributed by atoms with Gasteiger partial charge >= 0.3 is 0 Å². The number of carbonyl (C=O) groups is 1. The maximum absolute atomic E-state index is 12.0. The number of thiophene rings is 1. The van der Waals surface area contributed by atoms with Crippen molar-refractivity contribution in [3.63, 3.8) is 0 Å². The molecule has 1 amide bonds. The molecule has 0 spiro atoms. The summed E-state index contributed by atoms with van der Waals surface area (Å²) < 4.78 is 0.767. The normalized spacial score (nSPS) is 18.9. The Morgan fingerprint density at radius 1 is 1.53 bits per heavy atom. The molecule has 1 saturated heterocycles. The summed E-state index contributed by atoms with van der Waals surface area (Å²) in [4.78, 5) is 13.1. The maximum atomic E-state index is 12.0. The molecule has 0 saturated carbocycles. The fourth-order valence-electron chi connectivity index (χ4n) is 2.05. The van der Waals surface area contributed by atoms with Gasteiger partial charge in [-0.15, -0.1) is 11.3 Å². The summed E-state index contributed by atoms with van der Waals surface area (Å²) >= 11 is 7.41. The molecule has 5 heteroatoms. The third-order valence-corrected chi connectivity index (χ3v) is 4.50. The van der Waals surface area contributed by atoms with Crippen molar-refractivity contribution in [1.82, 2.24) is 10.6 Å². The van der Waals surface area contributed by atoms with Gasteiger partial charge in [-0.2, -0.15) is 0 Å². The Kier molecular flexibility index (Phi) is 4.42. The first-order chi connectivity index (χ1) is 8.16. The lowest BCUT2D eigenvalue weighted by Gasteiger charge is -2.23. The maximum Gasteiger partial charge on any atom is 0.223 e. The van der Waals surface area contributed by atoms with E-state index in [1.165, 1.54) is 11.3 Å². The number of nitrogens with one attached hydrogen (secondary N) is 2. The van der Waals surface area contributed by atoms with Gasteiger partial charge in [0.15, 0.2) is 0 Å². The highest BCUT2D eigenvalue weighted by molar-refractivity contribution is 7.16. The van der Waals surface area contributed by atoms with Crippen LogP contribution in [0.2, 0.25) is 4.34 Å². The van der Waals surface area contributed by atoms with E-state index in [0.717, 1.165) is 35.1 Å². The average molecular weight is 273 g/mol. The fourth-order valence-corrected chi connectivity index (χ4v) is 3.11. The van der Waals surface area contributed by atoms with Gasteiger partial charge in [0.05, 0.1) is 10.4 Å². The Labute approximate surface area is 111 Å². The first kappa shape index (κ1) is 12.9. The van der Waals surface area contributed by atoms with Gasteiger partial charge in [0.25, 0.3) is 0 Å². The van der Waals surface area contributed by atoms with Gasteiger partial charge in [-0.05, 0) is 45.0 Å². The Bertz CT molecular complexity index is 388. The summed E-state index contributed by atoms with van der Waals surface area (Å²) in [5.41, 5.74) is 0. The third-order valence-electron chi connectivity index (χ3n) is 3.09. The molecule has 0 aliphatic carbocycles. The van der Waals surface area contributed by atoms with E-state index < -0.39 is 0 Å². The van der Waals surface area contributed by atoms with Gasteiger partial charge in [0.1, 0.15) is 0 Å². The van der Waals surface area contributed by atoms with Gasteiger partial charge in [-0.1, -0.05) is 11.6 Å². The molecular formula is C12H17ClN2OS. The van der Waals surface area contributed by atoms with Crippen molar-refractivity contribution in [1.29, 1.82) is 0 Å². The molecule has 3 nitrogen and oxygen atoms in total. The van der Waals surface area contributed by atoms with Crippen LogP contribution in [0.4, 0.5) is 0 Å². The van der Waals surface area contributed by atoms with Crippen LogP contribution in [-0.2, 0) is 4.79 Å². The van der Waals surface area contributed by atoms with Crippen molar-refractivity contribution in [3.8, 4) is 0 Å². The smallest absolute Gasteiger partial charge is 0.223 e. The molecule has 1 aromatic rings. The molecule has 2 heterocycles. The quantitative estimate of drug-likeness (QED) is 0.888. The number of amides is 1. The van der Waals surface area contributed by atoms with Crippen molar-refractivity contribution >= 4 is 28.8 Å². The highest BCUT2D eigenvalue weighted by Crippen LogP contribution is 2.27. The average Bonchev–Trinajstić information content (AvgIpc) is 2.77. The second kappa shape index (κ2) is 5.85. The van der Waals surface area contributed by atoms with Crippen LogP contribution >= 0.6 is 22.9 Å². The van der Waals surface area contributed by atoms with E-state index in [4.69, 9.17) is 11.6 Å². The van der Waals surface area contributed by atoms with Crippen molar-refractivity contribution < 1.29 is 4.79 Å². The largest absolute Gasteiger partial charge is 0.349 e. The summed E-state index contributed by atoms with van der Waals surface area (Å²) in [5.74, 6) is 0.331. The molecule has 0 aromatic carbocycles. The number of halogens is 1. The zero-order valence-electron chi connectivity index (χ0n) is 9.83. The molecule has 2 N–H and O–H groups in total. The summed E-state index contributed by atoms with van der Waals surface area (Å²) in [7, 11) is 0. The molecule has 1 aliphatic rings. The van der Waals surface area contributed by atoms with E-state index in [1.54, 1.807) is 0 Å². The number of carbonyl (C=O) groups excluding carboxylic acids is 1. The zero-order valence-corrected chi connectivity index (χ0v) is 11.4. The summed E-state index contributed by atoms with van der Waals surface area (Å²) in [6.07, 6.45) is 1.87. The first-order valence-electron chi connectivity index (χ1n) is 5.93. The Balaban J connectivity index is 1.89. The van der Waals surface area contributed by atoms with Gasteiger partial charge in [0.2, 0.25) is 5.91 Å². The van der Waals surface area contributed by atoms with Crippen LogP contribution < -0.4 is 10.6 Å². The SMILES string of the molecule is CC(NC(=O)C1CCNCC1)c1ccc(Cl)s1. The Morgan fingerprint density at radius 3 is 2.82 bits per heavy atom. The van der Waals surface area contributed by atoms with Gasteiger partial charge in [-0.3, -0.25) is 4.79 Å². The van der Waals surface area contributed by atoms with Crippen LogP contribution in [-0.4, -0.2) is 19.0 Å². The van der Waals surface area contributed by atoms with Gasteiger partial charge in [0, 0.05) is 10.8 Å². The van der Waals surface area contributed by atoms with Crippen LogP contribution in [0.1, 0.15) is 30.7 Å². The van der Waals surface area contributed by atoms with Crippen LogP contribution in [0.15, 0.2) is 12.1 Å². The lowest BCUT2D eigenvalue weighted by Crippen LogP contribution is -2.38. The molecule has 1 atom stereocenters. The van der Waals surface area contributed by atoms with Crippen LogP contribution in [0.5, 0.6) is 0 Å². The molecule has 1 aromatic heterocycles. The van der Waals surface area contributed by atoms with Crippen molar-refractivity contribution in [3.05, 3.63) is 21.3 Å². The number of hydrogen-bond acceptors (Lipinski definition) is 3. The predicted octanol–water partition coefficient (Wildman–Crippen LogP) is 2.58. The number of rotatable bonds is 3. The van der Waals surface area contributed by atoms with E-state index in [9.17, 15) is 4.79 Å². The lowest BCUT2D eigenvalue weighted by atomic mass is 9.97. The minimum atomic E-state index is 0.0508. The highest BCUT2D eigenvalue weighted by Gasteiger charge is 2.22. The summed E-state index contributed by atoms with van der Waals surface area (Å²) in [6, 6.07) is 3.89. The van der Waals surface area contributed by atoms with Crippen molar-refractivity contribution in [2.24, 2.45) is 5.92 Å². The third kappa shape index (κ3) is 3.44. The van der Waals surface area contributed by atoms with E-state index in [-0.39, 0.29) is 17.9 Å². The first-order valence-corrected chi connectivity index (χ1v) is 7.12. The Morgan fingerprint density at radius 2 is 2.24 bits per heavy atom. The zero-order chi connectivity index (χ0) is 12.3. The van der Waals surface area contributed by atoms with E-state index in [1.807, 2.05) is 19.1 Å². The molecule has 1 fully saturated rings. The summed E-state index contributed by atoms with van der Waals surface area (Å²) in [5, 5.41) is 6.33. The molecule has 94 valence electrons. The standard InChI is InChI=1S/C12H17ClN2OS/c1-8(10-2-3-11(13)17-10)15-12(16)9-4-6-14-7-5-9/h2-3,8-9,14H,4-7H2,1H3,(H,15,16). The van der Waals surface area contributed by atoms with E-state index >= 15 is 0 Å². The van der Waals surface area contributed by atoms with Crippen LogP contribution in [0.25, 0.3) is 0 Å². The molecule has 1 unspecified atom stereocenters. The Hall–Kier alpha value is -0.580. The van der Waals surface area contributed by atoms with Crippen molar-refractivity contribution in [2.45, 2.75) is 25.8 Å². The summed E-state index contributed by atoms with van der Waals surface area (Å²) in [6.45, 7) is 3.88. The molecule has 2 rings (SSSR count). The molecule has 0 radical (unpaired) electrons. The molecule has 1 aliphatic heterocycles. The minimum Gasteiger partial charge on any atom is -0.349 e. The topological polar surface area (TPSA) is 41.1 Å². The number of piperidine rings is 1. The second-order valence-electron chi connectivity index (χ2n) is 4.40. The monoisotopic (exact) mass is 272 g/mol. The highest BCUT2D eigenvalue weighted by atomic mass is 35.5. The fraction of sp³-hybridized carbons (Fsp3) is 0.583.